The number of para-hydroxylation sites is 2. The number of fused-ring (bicyclic) bond motifs is 7. The summed E-state index contributed by atoms with van der Waals surface area (Å²) in [6.45, 7) is 0. The van der Waals surface area contributed by atoms with Crippen LogP contribution in [0.3, 0.4) is 0 Å². The molecule has 13 rings (SSSR count). The Morgan fingerprint density at radius 1 is 0.242 bits per heavy atom. The van der Waals surface area contributed by atoms with Crippen molar-refractivity contribution in [2.45, 2.75) is 0 Å². The molecule has 0 fully saturated rings. The van der Waals surface area contributed by atoms with Crippen LogP contribution in [0, 0.1) is 0 Å². The smallest absolute Gasteiger partial charge is 0.238 e. The molecule has 0 aliphatic carbocycles. The van der Waals surface area contributed by atoms with E-state index >= 15 is 0 Å². The molecule has 0 N–H and O–H groups in total. The second-order valence-electron chi connectivity index (χ2n) is 16.9. The molecule has 5 nitrogen and oxygen atoms in total. The Morgan fingerprint density at radius 2 is 0.652 bits per heavy atom. The Kier molecular flexibility index (Phi) is 8.78. The van der Waals surface area contributed by atoms with E-state index in [0.717, 1.165) is 55.3 Å². The van der Waals surface area contributed by atoms with Crippen LogP contribution in [0.4, 0.5) is 0 Å². The van der Waals surface area contributed by atoms with Gasteiger partial charge in [-0.05, 0) is 98.8 Å². The summed E-state index contributed by atoms with van der Waals surface area (Å²) in [4.78, 5) is 15.5. The number of hydrogen-bond acceptors (Lipinski definition) is 3. The van der Waals surface area contributed by atoms with Gasteiger partial charge in [-0.15, -0.1) is 0 Å². The van der Waals surface area contributed by atoms with E-state index in [-0.39, 0.29) is 0 Å². The fraction of sp³-hybridized carbons (Fsp3) is 0. The predicted octanol–water partition coefficient (Wildman–Crippen LogP) is 15.6. The van der Waals surface area contributed by atoms with Crippen molar-refractivity contribution in [3.05, 3.63) is 237 Å². The molecule has 0 unspecified atom stereocenters. The highest BCUT2D eigenvalue weighted by atomic mass is 15.2. The number of nitrogens with zero attached hydrogens (tertiary/aromatic N) is 5. The zero-order chi connectivity index (χ0) is 43.6. The minimum absolute atomic E-state index is 0.572. The van der Waals surface area contributed by atoms with Crippen molar-refractivity contribution in [1.82, 2.24) is 24.1 Å². The van der Waals surface area contributed by atoms with Crippen LogP contribution in [0.15, 0.2) is 237 Å². The fourth-order valence-electron chi connectivity index (χ4n) is 9.72. The quantitative estimate of drug-likeness (QED) is 0.161. The van der Waals surface area contributed by atoms with Gasteiger partial charge in [0, 0.05) is 38.4 Å². The van der Waals surface area contributed by atoms with Crippen molar-refractivity contribution in [3.63, 3.8) is 0 Å². The summed E-state index contributed by atoms with van der Waals surface area (Å²) in [5.41, 5.74) is 14.4. The Bertz CT molecular complexity index is 3960. The van der Waals surface area contributed by atoms with Gasteiger partial charge in [0.2, 0.25) is 5.95 Å². The molecule has 13 aromatic rings. The van der Waals surface area contributed by atoms with Gasteiger partial charge in [-0.1, -0.05) is 182 Å². The third-order valence-electron chi connectivity index (χ3n) is 13.0. The highest BCUT2D eigenvalue weighted by Crippen LogP contribution is 2.39. The summed E-state index contributed by atoms with van der Waals surface area (Å²) < 4.78 is 4.57. The van der Waals surface area contributed by atoms with E-state index in [1.807, 2.05) is 18.2 Å². The molecule has 0 aliphatic heterocycles. The molecule has 0 saturated heterocycles. The number of benzene rings is 10. The zero-order valence-electron chi connectivity index (χ0n) is 35.8. The maximum absolute atomic E-state index is 5.24. The molecule has 0 amide bonds. The van der Waals surface area contributed by atoms with Crippen molar-refractivity contribution in [2.24, 2.45) is 0 Å². The van der Waals surface area contributed by atoms with E-state index in [2.05, 4.69) is 228 Å². The van der Waals surface area contributed by atoms with Gasteiger partial charge in [-0.25, -0.2) is 4.98 Å². The highest BCUT2D eigenvalue weighted by Gasteiger charge is 2.20. The minimum Gasteiger partial charge on any atom is -0.309 e. The molecule has 0 spiro atoms. The number of rotatable bonds is 7. The Hall–Kier alpha value is -8.93. The fourth-order valence-corrected chi connectivity index (χ4v) is 9.72. The second-order valence-corrected chi connectivity index (χ2v) is 16.9. The van der Waals surface area contributed by atoms with Crippen LogP contribution in [-0.4, -0.2) is 24.1 Å². The van der Waals surface area contributed by atoms with Crippen LogP contribution >= 0.6 is 0 Å². The molecular weight excluding hydrogens is 803 g/mol. The van der Waals surface area contributed by atoms with E-state index in [9.17, 15) is 0 Å². The molecule has 0 bridgehead atoms. The lowest BCUT2D eigenvalue weighted by Crippen LogP contribution is -2.06. The molecule has 10 aromatic carbocycles. The molecule has 66 heavy (non-hydrogen) atoms. The summed E-state index contributed by atoms with van der Waals surface area (Å²) in [6.07, 6.45) is 0. The van der Waals surface area contributed by atoms with E-state index in [0.29, 0.717) is 17.6 Å². The summed E-state index contributed by atoms with van der Waals surface area (Å²) >= 11 is 0. The van der Waals surface area contributed by atoms with Gasteiger partial charge in [0.05, 0.1) is 22.1 Å². The Morgan fingerprint density at radius 3 is 1.30 bits per heavy atom. The average molecular weight is 842 g/mol. The van der Waals surface area contributed by atoms with Crippen LogP contribution in [0.2, 0.25) is 0 Å². The lowest BCUT2D eigenvalue weighted by Gasteiger charge is -2.12. The lowest BCUT2D eigenvalue weighted by atomic mass is 10.0. The second kappa shape index (κ2) is 15.4. The Balaban J connectivity index is 0.917. The van der Waals surface area contributed by atoms with Crippen molar-refractivity contribution in [2.75, 3.05) is 0 Å². The summed E-state index contributed by atoms with van der Waals surface area (Å²) in [7, 11) is 0. The third-order valence-corrected chi connectivity index (χ3v) is 13.0. The minimum atomic E-state index is 0.572. The van der Waals surface area contributed by atoms with Gasteiger partial charge >= 0.3 is 0 Å². The topological polar surface area (TPSA) is 48.5 Å². The van der Waals surface area contributed by atoms with Gasteiger partial charge in [-0.3, -0.25) is 4.57 Å². The summed E-state index contributed by atoms with van der Waals surface area (Å²) in [5, 5.41) is 7.16. The van der Waals surface area contributed by atoms with Gasteiger partial charge in [0.25, 0.3) is 0 Å². The summed E-state index contributed by atoms with van der Waals surface area (Å²) in [6, 6.07) is 84.2. The molecule has 308 valence electrons. The van der Waals surface area contributed by atoms with Gasteiger partial charge in [-0.2, -0.15) is 9.97 Å². The van der Waals surface area contributed by atoms with Crippen LogP contribution in [-0.2, 0) is 0 Å². The lowest BCUT2D eigenvalue weighted by molar-refractivity contribution is 0.953. The first-order valence-electron chi connectivity index (χ1n) is 22.3. The maximum Gasteiger partial charge on any atom is 0.238 e. The molecule has 3 aromatic heterocycles. The SMILES string of the molecule is c1ccc(-c2ccc(-n3c4ccccc4c4cc(-c5ccc6c(c5)c5ccccc5n6-c5nc(-c6ccccc6)nc(-c6ccc(-c7ccc8ccccc8c7)cc6)n5)ccc43)cc2)cc1. The first-order chi connectivity index (χ1) is 32.7. The van der Waals surface area contributed by atoms with Crippen molar-refractivity contribution < 1.29 is 0 Å². The summed E-state index contributed by atoms with van der Waals surface area (Å²) in [5.74, 6) is 1.81. The standard InChI is InChI=1S/C61H39N5/c1-3-13-40(14-4-1)42-29-33-50(34-30-42)65-55-21-11-9-19-51(55)53-38-48(31-35-57(53)65)49-32-36-58-54(39-49)52-20-10-12-22-56(52)66(58)61-63-59(44-16-5-2-6-17-44)62-60(64-61)45-26-23-43(24-27-45)47-28-25-41-15-7-8-18-46(41)37-47/h1-39H. The molecular formula is C61H39N5. The van der Waals surface area contributed by atoms with Crippen molar-refractivity contribution in [1.29, 1.82) is 0 Å². The molecule has 3 heterocycles. The van der Waals surface area contributed by atoms with E-state index < -0.39 is 0 Å². The molecule has 0 saturated carbocycles. The molecule has 0 aliphatic rings. The Labute approximate surface area is 381 Å². The van der Waals surface area contributed by atoms with Crippen LogP contribution in [0.5, 0.6) is 0 Å². The van der Waals surface area contributed by atoms with Crippen molar-refractivity contribution in [3.8, 4) is 67.8 Å². The van der Waals surface area contributed by atoms with E-state index in [4.69, 9.17) is 15.0 Å². The number of aromatic nitrogens is 5. The highest BCUT2D eigenvalue weighted by molar-refractivity contribution is 6.12. The average Bonchev–Trinajstić information content (AvgIpc) is 3.91. The van der Waals surface area contributed by atoms with Gasteiger partial charge in [0.15, 0.2) is 11.6 Å². The molecule has 0 radical (unpaired) electrons. The largest absolute Gasteiger partial charge is 0.309 e. The van der Waals surface area contributed by atoms with Crippen LogP contribution in [0.1, 0.15) is 0 Å². The third kappa shape index (κ3) is 6.36. The maximum atomic E-state index is 5.24. The monoisotopic (exact) mass is 841 g/mol. The van der Waals surface area contributed by atoms with E-state index in [1.165, 1.54) is 49.3 Å². The number of hydrogen-bond donors (Lipinski definition) is 0. The van der Waals surface area contributed by atoms with Crippen molar-refractivity contribution >= 4 is 54.4 Å². The molecule has 0 atom stereocenters. The normalized spacial score (nSPS) is 11.6. The van der Waals surface area contributed by atoms with Crippen LogP contribution < -0.4 is 0 Å². The zero-order valence-corrected chi connectivity index (χ0v) is 35.8. The molecule has 5 heteroatoms. The first-order valence-corrected chi connectivity index (χ1v) is 22.3. The van der Waals surface area contributed by atoms with Gasteiger partial charge < -0.3 is 4.57 Å². The van der Waals surface area contributed by atoms with Gasteiger partial charge in [0.1, 0.15) is 0 Å². The predicted molar refractivity (Wildman–Crippen MR) is 273 cm³/mol. The van der Waals surface area contributed by atoms with Crippen LogP contribution in [0.25, 0.3) is 122 Å². The first kappa shape index (κ1) is 37.6. The van der Waals surface area contributed by atoms with E-state index in [1.54, 1.807) is 0 Å².